The molecule has 13 heteroatoms. The largest absolute Gasteiger partial charge is 0.494 e. The Morgan fingerprint density at radius 2 is 1.66 bits per heavy atom. The van der Waals surface area contributed by atoms with Gasteiger partial charge < -0.3 is 28.6 Å². The molecule has 0 radical (unpaired) electrons. The van der Waals surface area contributed by atoms with Crippen LogP contribution in [-0.2, 0) is 36.5 Å². The van der Waals surface area contributed by atoms with Crippen LogP contribution in [-0.4, -0.2) is 61.6 Å². The first-order valence-corrected chi connectivity index (χ1v) is 19.4. The van der Waals surface area contributed by atoms with Gasteiger partial charge in [-0.05, 0) is 106 Å². The van der Waals surface area contributed by atoms with E-state index in [2.05, 4.69) is 11.5 Å². The number of carboxylic acid groups (broad SMARTS) is 1. The molecule has 7 rings (SSSR count). The number of halogens is 2. The lowest BCUT2D eigenvalue weighted by atomic mass is 9.98. The number of hydrogen-bond acceptors (Lipinski definition) is 6. The summed E-state index contributed by atoms with van der Waals surface area (Å²) in [5.74, 6) is -0.938. The number of hydrogen-bond donors (Lipinski definition) is 1. The fourth-order valence-corrected chi connectivity index (χ4v) is 8.70. The summed E-state index contributed by atoms with van der Waals surface area (Å²) in [6, 6.07) is 13.0. The van der Waals surface area contributed by atoms with E-state index in [-0.39, 0.29) is 30.2 Å². The van der Waals surface area contributed by atoms with Gasteiger partial charge in [0.1, 0.15) is 17.1 Å². The Labute approximate surface area is 335 Å². The number of aromatic carboxylic acids is 1. The van der Waals surface area contributed by atoms with Crippen LogP contribution in [0, 0.1) is 27.7 Å². The molecule has 0 bridgehead atoms. The molecule has 0 aliphatic carbocycles. The standard InChI is InChI=1S/C43H45Cl2N5O6/c1-22-16-30(17-23(2)38(22)45)56-14-9-10-31-32-11-12-33(44)37(36-25(4)46-48(8)26(36)5)40(32)50-24(3)21-49(42(52)41(31)50)34-19-28(13-15-55-27(6)51)18-29-20-35(43(53)54)47(7)39(29)34/h11-12,16-20,24H,9-10,13-15,21H2,1-8H3,(H,53,54). The normalized spacial score (nSPS) is 14.2. The molecule has 1 N–H and O–H groups in total. The van der Waals surface area contributed by atoms with Crippen molar-refractivity contribution in [1.29, 1.82) is 0 Å². The van der Waals surface area contributed by atoms with E-state index in [0.29, 0.717) is 59.7 Å². The molecule has 0 saturated heterocycles. The second kappa shape index (κ2) is 15.0. The van der Waals surface area contributed by atoms with Crippen molar-refractivity contribution in [2.24, 2.45) is 14.1 Å². The number of carbonyl (C=O) groups excluding carboxylic acids is 2. The highest BCUT2D eigenvalue weighted by Crippen LogP contribution is 2.46. The molecular formula is C43H45Cl2N5O6. The second-order valence-electron chi connectivity index (χ2n) is 14.8. The van der Waals surface area contributed by atoms with Crippen LogP contribution < -0.4 is 9.64 Å². The Morgan fingerprint density at radius 1 is 0.946 bits per heavy atom. The number of aromatic nitrogens is 4. The van der Waals surface area contributed by atoms with E-state index < -0.39 is 5.97 Å². The maximum absolute atomic E-state index is 15.3. The Balaban J connectivity index is 1.39. The Bertz CT molecular complexity index is 2580. The van der Waals surface area contributed by atoms with Gasteiger partial charge in [-0.1, -0.05) is 29.3 Å². The Kier molecular flexibility index (Phi) is 10.4. The monoisotopic (exact) mass is 797 g/mol. The van der Waals surface area contributed by atoms with Crippen molar-refractivity contribution in [3.8, 4) is 16.9 Å². The van der Waals surface area contributed by atoms with Crippen LogP contribution in [0.25, 0.3) is 32.9 Å². The van der Waals surface area contributed by atoms with Crippen LogP contribution in [0.3, 0.4) is 0 Å². The van der Waals surface area contributed by atoms with Gasteiger partial charge in [0.05, 0.1) is 40.7 Å². The first-order chi connectivity index (χ1) is 26.6. The van der Waals surface area contributed by atoms with Gasteiger partial charge in [0.25, 0.3) is 5.91 Å². The number of esters is 1. The maximum atomic E-state index is 15.3. The summed E-state index contributed by atoms with van der Waals surface area (Å²) in [6.07, 6.45) is 1.54. The Hall–Kier alpha value is -5.26. The topological polar surface area (TPSA) is 121 Å². The smallest absolute Gasteiger partial charge is 0.352 e. The fraction of sp³-hybridized carbons (Fsp3) is 0.349. The first kappa shape index (κ1) is 39.0. The molecule has 0 saturated carbocycles. The fourth-order valence-electron chi connectivity index (χ4n) is 8.35. The summed E-state index contributed by atoms with van der Waals surface area (Å²) in [5, 5.41) is 17.7. The summed E-state index contributed by atoms with van der Waals surface area (Å²) < 4.78 is 17.1. The van der Waals surface area contributed by atoms with E-state index in [1.807, 2.05) is 75.8 Å². The summed E-state index contributed by atoms with van der Waals surface area (Å²) in [4.78, 5) is 41.0. The molecule has 4 heterocycles. The summed E-state index contributed by atoms with van der Waals surface area (Å²) in [7, 11) is 3.61. The number of anilines is 1. The molecular weight excluding hydrogens is 753 g/mol. The average Bonchev–Trinajstić information content (AvgIpc) is 3.74. The lowest BCUT2D eigenvalue weighted by Gasteiger charge is -2.35. The van der Waals surface area contributed by atoms with Crippen LogP contribution >= 0.6 is 23.2 Å². The van der Waals surface area contributed by atoms with Gasteiger partial charge in [-0.25, -0.2) is 4.79 Å². The number of rotatable bonds is 11. The lowest BCUT2D eigenvalue weighted by molar-refractivity contribution is -0.140. The molecule has 3 aromatic carbocycles. The highest BCUT2D eigenvalue weighted by molar-refractivity contribution is 6.35. The summed E-state index contributed by atoms with van der Waals surface area (Å²) >= 11 is 13.5. The lowest BCUT2D eigenvalue weighted by Crippen LogP contribution is -2.43. The number of carbonyl (C=O) groups is 3. The van der Waals surface area contributed by atoms with Gasteiger partial charge in [0.2, 0.25) is 0 Å². The second-order valence-corrected chi connectivity index (χ2v) is 15.6. The van der Waals surface area contributed by atoms with Crippen molar-refractivity contribution < 1.29 is 29.0 Å². The zero-order valence-electron chi connectivity index (χ0n) is 32.8. The predicted octanol–water partition coefficient (Wildman–Crippen LogP) is 9.11. The number of benzene rings is 3. The molecule has 1 amide bonds. The minimum atomic E-state index is -1.08. The number of carboxylic acids is 1. The molecule has 0 fully saturated rings. The summed E-state index contributed by atoms with van der Waals surface area (Å²) in [5.41, 5.74) is 9.86. The molecule has 0 spiro atoms. The molecule has 56 heavy (non-hydrogen) atoms. The zero-order valence-corrected chi connectivity index (χ0v) is 34.4. The van der Waals surface area contributed by atoms with Crippen molar-refractivity contribution in [1.82, 2.24) is 18.9 Å². The third-order valence-corrected chi connectivity index (χ3v) is 11.8. The third-order valence-electron chi connectivity index (χ3n) is 10.9. The number of amides is 1. The van der Waals surface area contributed by atoms with E-state index in [4.69, 9.17) is 37.8 Å². The van der Waals surface area contributed by atoms with Crippen LogP contribution in [0.15, 0.2) is 42.5 Å². The maximum Gasteiger partial charge on any atom is 0.352 e. The van der Waals surface area contributed by atoms with Crippen LogP contribution in [0.1, 0.15) is 80.9 Å². The highest BCUT2D eigenvalue weighted by Gasteiger charge is 2.38. The van der Waals surface area contributed by atoms with Crippen molar-refractivity contribution in [3.05, 3.63) is 97.5 Å². The zero-order chi connectivity index (χ0) is 40.3. The van der Waals surface area contributed by atoms with Crippen LogP contribution in [0.5, 0.6) is 5.75 Å². The van der Waals surface area contributed by atoms with Gasteiger partial charge in [0.15, 0.2) is 0 Å². The molecule has 3 aromatic heterocycles. The number of aryl methyl sites for hydroxylation is 6. The minimum Gasteiger partial charge on any atom is -0.494 e. The molecule has 1 unspecified atom stereocenters. The molecule has 1 aliphatic rings. The van der Waals surface area contributed by atoms with E-state index >= 15 is 4.79 Å². The van der Waals surface area contributed by atoms with Gasteiger partial charge in [-0.2, -0.15) is 5.10 Å². The van der Waals surface area contributed by atoms with Crippen LogP contribution in [0.4, 0.5) is 5.69 Å². The van der Waals surface area contributed by atoms with E-state index in [1.165, 1.54) is 6.92 Å². The molecule has 11 nitrogen and oxygen atoms in total. The van der Waals surface area contributed by atoms with Crippen LogP contribution in [0.2, 0.25) is 10.0 Å². The van der Waals surface area contributed by atoms with E-state index in [0.717, 1.165) is 66.4 Å². The minimum absolute atomic E-state index is 0.0956. The predicted molar refractivity (Wildman–Crippen MR) is 220 cm³/mol. The quantitative estimate of drug-likeness (QED) is 0.103. The SMILES string of the molecule is CC(=O)OCCc1cc(N2CC(C)n3c(c(CCCOc4cc(C)c(Cl)c(C)c4)c4ccc(Cl)c(-c5c(C)nn(C)c5C)c43)C2=O)c2c(c1)cc(C(=O)O)n2C. The van der Waals surface area contributed by atoms with Gasteiger partial charge in [0, 0.05) is 72.6 Å². The van der Waals surface area contributed by atoms with E-state index in [1.54, 1.807) is 22.6 Å². The molecule has 292 valence electrons. The summed E-state index contributed by atoms with van der Waals surface area (Å²) in [6.45, 7) is 12.2. The van der Waals surface area contributed by atoms with Gasteiger partial charge in [-0.3, -0.25) is 14.3 Å². The molecule has 6 aromatic rings. The molecule has 1 aliphatic heterocycles. The van der Waals surface area contributed by atoms with Crippen molar-refractivity contribution in [2.45, 2.75) is 66.8 Å². The van der Waals surface area contributed by atoms with Gasteiger partial charge in [-0.15, -0.1) is 0 Å². The van der Waals surface area contributed by atoms with E-state index in [9.17, 15) is 14.7 Å². The first-order valence-electron chi connectivity index (χ1n) is 18.6. The number of fused-ring (bicyclic) bond motifs is 4. The Morgan fingerprint density at radius 3 is 2.30 bits per heavy atom. The third kappa shape index (κ3) is 6.70. The van der Waals surface area contributed by atoms with Crippen molar-refractivity contribution in [2.75, 3.05) is 24.7 Å². The number of ether oxygens (including phenoxy) is 2. The highest BCUT2D eigenvalue weighted by atomic mass is 35.5. The van der Waals surface area contributed by atoms with Crippen molar-refractivity contribution >= 4 is 68.5 Å². The van der Waals surface area contributed by atoms with Crippen molar-refractivity contribution in [3.63, 3.8) is 0 Å². The number of nitrogens with zero attached hydrogens (tertiary/aromatic N) is 5. The average molecular weight is 799 g/mol. The molecule has 1 atom stereocenters. The van der Waals surface area contributed by atoms with Gasteiger partial charge >= 0.3 is 11.9 Å².